The molecule has 1 rings (SSSR count). The van der Waals surface area contributed by atoms with Crippen LogP contribution in [-0.4, -0.2) is 24.5 Å². The Morgan fingerprint density at radius 1 is 1.22 bits per heavy atom. The quantitative estimate of drug-likeness (QED) is 0.777. The van der Waals surface area contributed by atoms with Crippen LogP contribution in [-0.2, 0) is 11.0 Å². The summed E-state index contributed by atoms with van der Waals surface area (Å²) in [5, 5.41) is 7.42. The van der Waals surface area contributed by atoms with Gasteiger partial charge in [-0.2, -0.15) is 13.2 Å². The number of carbonyl (C=O) groups excluding carboxylic acids is 2. The standard InChI is InChI=1S/C15H20F3N3O2/c1-4-19-14(23)21-13(22)10(3)20-9(2)11-6-5-7-12(8-11)15(16,17)18/h5-10,20H,4H2,1-3H3,(H2,19,21,22,23). The summed E-state index contributed by atoms with van der Waals surface area (Å²) < 4.78 is 38.1. The van der Waals surface area contributed by atoms with Crippen molar-refractivity contribution in [3.63, 3.8) is 0 Å². The fraction of sp³-hybridized carbons (Fsp3) is 0.467. The van der Waals surface area contributed by atoms with Crippen LogP contribution in [0.5, 0.6) is 0 Å². The highest BCUT2D eigenvalue weighted by Gasteiger charge is 2.30. The van der Waals surface area contributed by atoms with E-state index in [2.05, 4.69) is 16.0 Å². The van der Waals surface area contributed by atoms with Crippen LogP contribution < -0.4 is 16.0 Å². The van der Waals surface area contributed by atoms with E-state index < -0.39 is 35.8 Å². The number of hydrogen-bond acceptors (Lipinski definition) is 3. The van der Waals surface area contributed by atoms with Crippen molar-refractivity contribution in [1.29, 1.82) is 0 Å². The molecule has 128 valence electrons. The first-order valence-electron chi connectivity index (χ1n) is 7.17. The molecule has 0 aliphatic rings. The Morgan fingerprint density at radius 3 is 2.43 bits per heavy atom. The topological polar surface area (TPSA) is 70.2 Å². The van der Waals surface area contributed by atoms with Crippen LogP contribution in [0.15, 0.2) is 24.3 Å². The summed E-state index contributed by atoms with van der Waals surface area (Å²) in [6, 6.07) is 3.03. The van der Waals surface area contributed by atoms with E-state index in [1.54, 1.807) is 19.9 Å². The molecule has 0 spiro atoms. The first kappa shape index (κ1) is 19.0. The second kappa shape index (κ2) is 7.96. The summed E-state index contributed by atoms with van der Waals surface area (Å²) in [4.78, 5) is 23.1. The molecular weight excluding hydrogens is 311 g/mol. The van der Waals surface area contributed by atoms with E-state index in [0.717, 1.165) is 12.1 Å². The number of benzene rings is 1. The number of imide groups is 1. The highest BCUT2D eigenvalue weighted by Crippen LogP contribution is 2.30. The van der Waals surface area contributed by atoms with Gasteiger partial charge in [-0.3, -0.25) is 15.4 Å². The molecule has 0 heterocycles. The maximum Gasteiger partial charge on any atom is 0.416 e. The van der Waals surface area contributed by atoms with Gasteiger partial charge < -0.3 is 5.32 Å². The lowest BCUT2D eigenvalue weighted by molar-refractivity contribution is -0.137. The number of alkyl halides is 3. The van der Waals surface area contributed by atoms with Gasteiger partial charge in [-0.15, -0.1) is 0 Å². The van der Waals surface area contributed by atoms with E-state index in [9.17, 15) is 22.8 Å². The van der Waals surface area contributed by atoms with Crippen LogP contribution in [0.25, 0.3) is 0 Å². The highest BCUT2D eigenvalue weighted by atomic mass is 19.4. The molecular formula is C15H20F3N3O2. The van der Waals surface area contributed by atoms with Gasteiger partial charge >= 0.3 is 12.2 Å². The second-order valence-electron chi connectivity index (χ2n) is 5.08. The van der Waals surface area contributed by atoms with Gasteiger partial charge in [-0.05, 0) is 38.5 Å². The van der Waals surface area contributed by atoms with Crippen LogP contribution in [0.2, 0.25) is 0 Å². The van der Waals surface area contributed by atoms with Gasteiger partial charge in [0.1, 0.15) is 0 Å². The fourth-order valence-electron chi connectivity index (χ4n) is 1.96. The fourth-order valence-corrected chi connectivity index (χ4v) is 1.96. The molecule has 0 saturated carbocycles. The van der Waals surface area contributed by atoms with Gasteiger partial charge in [0.15, 0.2) is 0 Å². The molecule has 0 saturated heterocycles. The van der Waals surface area contributed by atoms with Crippen molar-refractivity contribution in [2.75, 3.05) is 6.54 Å². The predicted molar refractivity (Wildman–Crippen MR) is 79.7 cm³/mol. The van der Waals surface area contributed by atoms with Crippen molar-refractivity contribution in [2.45, 2.75) is 39.0 Å². The molecule has 8 heteroatoms. The third kappa shape index (κ3) is 5.90. The van der Waals surface area contributed by atoms with Crippen molar-refractivity contribution in [1.82, 2.24) is 16.0 Å². The lowest BCUT2D eigenvalue weighted by Crippen LogP contribution is -2.48. The molecule has 2 atom stereocenters. The Balaban J connectivity index is 2.70. The largest absolute Gasteiger partial charge is 0.416 e. The van der Waals surface area contributed by atoms with E-state index >= 15 is 0 Å². The molecule has 2 unspecified atom stereocenters. The summed E-state index contributed by atoms with van der Waals surface area (Å²) in [5.74, 6) is -0.560. The molecule has 0 radical (unpaired) electrons. The first-order valence-corrected chi connectivity index (χ1v) is 7.17. The van der Waals surface area contributed by atoms with Crippen LogP contribution in [0, 0.1) is 0 Å². The zero-order valence-electron chi connectivity index (χ0n) is 13.1. The average molecular weight is 331 g/mol. The Kier molecular flexibility index (Phi) is 6.56. The van der Waals surface area contributed by atoms with E-state index in [4.69, 9.17) is 0 Å². The summed E-state index contributed by atoms with van der Waals surface area (Å²) in [7, 11) is 0. The van der Waals surface area contributed by atoms with Crippen molar-refractivity contribution in [2.24, 2.45) is 0 Å². The molecule has 23 heavy (non-hydrogen) atoms. The third-order valence-corrected chi connectivity index (χ3v) is 3.18. The zero-order valence-corrected chi connectivity index (χ0v) is 13.1. The summed E-state index contributed by atoms with van der Waals surface area (Å²) >= 11 is 0. The second-order valence-corrected chi connectivity index (χ2v) is 5.08. The van der Waals surface area contributed by atoms with Gasteiger partial charge in [-0.1, -0.05) is 12.1 Å². The number of rotatable bonds is 5. The van der Waals surface area contributed by atoms with Gasteiger partial charge in [0.05, 0.1) is 11.6 Å². The molecule has 1 aromatic carbocycles. The normalized spacial score (nSPS) is 14.0. The van der Waals surface area contributed by atoms with Crippen molar-refractivity contribution < 1.29 is 22.8 Å². The number of halogens is 3. The van der Waals surface area contributed by atoms with Gasteiger partial charge in [0, 0.05) is 12.6 Å². The molecule has 3 N–H and O–H groups in total. The Morgan fingerprint density at radius 2 is 1.87 bits per heavy atom. The van der Waals surface area contributed by atoms with Crippen molar-refractivity contribution in [3.8, 4) is 0 Å². The van der Waals surface area contributed by atoms with Crippen LogP contribution in [0.1, 0.15) is 37.9 Å². The van der Waals surface area contributed by atoms with Crippen LogP contribution >= 0.6 is 0 Å². The number of amides is 3. The van der Waals surface area contributed by atoms with Gasteiger partial charge in [-0.25, -0.2) is 4.79 Å². The molecule has 0 aliphatic carbocycles. The summed E-state index contributed by atoms with van der Waals surface area (Å²) in [5.41, 5.74) is -0.347. The predicted octanol–water partition coefficient (Wildman–Crippen LogP) is 2.59. The maximum absolute atomic E-state index is 12.7. The molecule has 3 amide bonds. The molecule has 0 aromatic heterocycles. The Hall–Kier alpha value is -2.09. The zero-order chi connectivity index (χ0) is 17.6. The third-order valence-electron chi connectivity index (χ3n) is 3.18. The molecule has 0 bridgehead atoms. The van der Waals surface area contributed by atoms with Crippen LogP contribution in [0.3, 0.4) is 0 Å². The summed E-state index contributed by atoms with van der Waals surface area (Å²) in [6.07, 6.45) is -4.42. The monoisotopic (exact) mass is 331 g/mol. The number of carbonyl (C=O) groups is 2. The van der Waals surface area contributed by atoms with E-state index in [1.807, 2.05) is 0 Å². The number of urea groups is 1. The van der Waals surface area contributed by atoms with E-state index in [1.165, 1.54) is 13.0 Å². The maximum atomic E-state index is 12.7. The molecule has 5 nitrogen and oxygen atoms in total. The average Bonchev–Trinajstić information content (AvgIpc) is 2.46. The minimum absolute atomic E-state index is 0.377. The lowest BCUT2D eigenvalue weighted by Gasteiger charge is -2.20. The number of hydrogen-bond donors (Lipinski definition) is 3. The molecule has 1 aromatic rings. The number of nitrogens with one attached hydrogen (secondary N) is 3. The minimum atomic E-state index is -4.42. The molecule has 0 fully saturated rings. The minimum Gasteiger partial charge on any atom is -0.338 e. The van der Waals surface area contributed by atoms with E-state index in [-0.39, 0.29) is 0 Å². The Labute approximate surface area is 132 Å². The van der Waals surface area contributed by atoms with Crippen molar-refractivity contribution >= 4 is 11.9 Å². The van der Waals surface area contributed by atoms with Gasteiger partial charge in [0.2, 0.25) is 5.91 Å². The SMILES string of the molecule is CCNC(=O)NC(=O)C(C)NC(C)c1cccc(C(F)(F)F)c1. The highest BCUT2D eigenvalue weighted by molar-refractivity contribution is 5.96. The lowest BCUT2D eigenvalue weighted by atomic mass is 10.0. The Bertz CT molecular complexity index is 561. The molecule has 0 aliphatic heterocycles. The van der Waals surface area contributed by atoms with E-state index in [0.29, 0.717) is 12.1 Å². The summed E-state index contributed by atoms with van der Waals surface area (Å²) in [6.45, 7) is 5.26. The smallest absolute Gasteiger partial charge is 0.338 e. The first-order chi connectivity index (χ1) is 10.6. The van der Waals surface area contributed by atoms with Gasteiger partial charge in [0.25, 0.3) is 0 Å². The van der Waals surface area contributed by atoms with Crippen LogP contribution in [0.4, 0.5) is 18.0 Å². The van der Waals surface area contributed by atoms with Crippen molar-refractivity contribution in [3.05, 3.63) is 35.4 Å².